The molecule has 4 rings (SSSR count). The number of aromatic nitrogens is 3. The van der Waals surface area contributed by atoms with E-state index >= 15 is 0 Å². The predicted octanol–water partition coefficient (Wildman–Crippen LogP) is 3.16. The highest BCUT2D eigenvalue weighted by atomic mass is 32.1. The summed E-state index contributed by atoms with van der Waals surface area (Å²) in [7, 11) is 1.87. The maximum atomic E-state index is 13.2. The maximum absolute atomic E-state index is 13.2. The van der Waals surface area contributed by atoms with Crippen molar-refractivity contribution in [2.75, 3.05) is 13.2 Å². The van der Waals surface area contributed by atoms with Crippen molar-refractivity contribution in [3.8, 4) is 0 Å². The van der Waals surface area contributed by atoms with Gasteiger partial charge < -0.3 is 9.64 Å². The number of ether oxygens (including phenoxy) is 1. The first kappa shape index (κ1) is 17.2. The van der Waals surface area contributed by atoms with Crippen LogP contribution in [0, 0.1) is 6.92 Å². The second-order valence-corrected chi connectivity index (χ2v) is 7.74. The minimum absolute atomic E-state index is 0.00782. The standard InChI is InChI=1S/C19H22N4O2S/c1-13-17-9-14(10-20-18(17)22(2)21-13)19(24)23(11-15-5-3-7-25-15)12-16-6-4-8-26-16/h4,6,8-10,15H,3,5,7,11-12H2,1-2H3. The number of pyridine rings is 1. The topological polar surface area (TPSA) is 60.2 Å². The average molecular weight is 370 g/mol. The van der Waals surface area contributed by atoms with Gasteiger partial charge in [-0.05, 0) is 37.3 Å². The lowest BCUT2D eigenvalue weighted by Gasteiger charge is -2.25. The van der Waals surface area contributed by atoms with Gasteiger partial charge in [-0.15, -0.1) is 11.3 Å². The fourth-order valence-electron chi connectivity index (χ4n) is 3.45. The van der Waals surface area contributed by atoms with Crippen LogP contribution in [0.25, 0.3) is 11.0 Å². The van der Waals surface area contributed by atoms with Crippen molar-refractivity contribution in [2.45, 2.75) is 32.4 Å². The van der Waals surface area contributed by atoms with Crippen LogP contribution >= 0.6 is 11.3 Å². The number of carbonyl (C=O) groups is 1. The molecule has 1 amide bonds. The molecule has 3 aromatic rings. The van der Waals surface area contributed by atoms with Gasteiger partial charge in [-0.2, -0.15) is 5.10 Å². The molecule has 1 unspecified atom stereocenters. The van der Waals surface area contributed by atoms with E-state index in [1.165, 1.54) is 4.88 Å². The van der Waals surface area contributed by atoms with E-state index in [2.05, 4.69) is 16.1 Å². The zero-order valence-electron chi connectivity index (χ0n) is 15.0. The van der Waals surface area contributed by atoms with Gasteiger partial charge in [-0.3, -0.25) is 9.48 Å². The number of carbonyl (C=O) groups excluding carboxylic acids is 1. The van der Waals surface area contributed by atoms with Crippen LogP contribution in [0.15, 0.2) is 29.8 Å². The van der Waals surface area contributed by atoms with E-state index in [1.54, 1.807) is 22.2 Å². The van der Waals surface area contributed by atoms with Gasteiger partial charge in [0.05, 0.1) is 23.9 Å². The molecule has 0 N–H and O–H groups in total. The Kier molecular flexibility index (Phi) is 4.74. The zero-order chi connectivity index (χ0) is 18.1. The Balaban J connectivity index is 1.63. The highest BCUT2D eigenvalue weighted by molar-refractivity contribution is 7.09. The van der Waals surface area contributed by atoms with E-state index in [0.29, 0.717) is 18.7 Å². The first-order chi connectivity index (χ1) is 12.6. The summed E-state index contributed by atoms with van der Waals surface area (Å²) >= 11 is 1.67. The summed E-state index contributed by atoms with van der Waals surface area (Å²) in [5.74, 6) is -0.00782. The fraction of sp³-hybridized carbons (Fsp3) is 0.421. The van der Waals surface area contributed by atoms with Crippen molar-refractivity contribution in [1.29, 1.82) is 0 Å². The quantitative estimate of drug-likeness (QED) is 0.692. The van der Waals surface area contributed by atoms with Crippen molar-refractivity contribution < 1.29 is 9.53 Å². The van der Waals surface area contributed by atoms with Crippen LogP contribution in [0.1, 0.15) is 33.8 Å². The average Bonchev–Trinajstić information content (AvgIpc) is 3.38. The molecule has 0 radical (unpaired) electrons. The molecule has 0 bridgehead atoms. The Morgan fingerprint density at radius 3 is 3.12 bits per heavy atom. The van der Waals surface area contributed by atoms with Gasteiger partial charge in [0.1, 0.15) is 0 Å². The largest absolute Gasteiger partial charge is 0.376 e. The normalized spacial score (nSPS) is 17.1. The summed E-state index contributed by atoms with van der Waals surface area (Å²) in [6.07, 6.45) is 3.85. The molecule has 0 aliphatic carbocycles. The number of hydrogen-bond donors (Lipinski definition) is 0. The molecule has 7 heteroatoms. The molecular formula is C19H22N4O2S. The lowest BCUT2D eigenvalue weighted by atomic mass is 10.1. The van der Waals surface area contributed by atoms with Gasteiger partial charge >= 0.3 is 0 Å². The summed E-state index contributed by atoms with van der Waals surface area (Å²) in [4.78, 5) is 20.7. The Bertz CT molecular complexity index is 913. The predicted molar refractivity (Wildman–Crippen MR) is 101 cm³/mol. The Morgan fingerprint density at radius 1 is 1.50 bits per heavy atom. The van der Waals surface area contributed by atoms with Gasteiger partial charge in [0.15, 0.2) is 5.65 Å². The molecule has 0 saturated carbocycles. The van der Waals surface area contributed by atoms with Crippen molar-refractivity contribution in [3.63, 3.8) is 0 Å². The van der Waals surface area contributed by atoms with Crippen LogP contribution in [-0.2, 0) is 18.3 Å². The van der Waals surface area contributed by atoms with Crippen LogP contribution in [0.5, 0.6) is 0 Å². The van der Waals surface area contributed by atoms with Gasteiger partial charge in [-0.1, -0.05) is 6.07 Å². The first-order valence-corrected chi connectivity index (χ1v) is 9.72. The number of rotatable bonds is 5. The lowest BCUT2D eigenvalue weighted by molar-refractivity contribution is 0.0509. The second-order valence-electron chi connectivity index (χ2n) is 6.70. The second kappa shape index (κ2) is 7.17. The third kappa shape index (κ3) is 3.37. The van der Waals surface area contributed by atoms with E-state index in [0.717, 1.165) is 36.2 Å². The monoisotopic (exact) mass is 370 g/mol. The van der Waals surface area contributed by atoms with Gasteiger partial charge in [0.2, 0.25) is 0 Å². The summed E-state index contributed by atoms with van der Waals surface area (Å²) in [6.45, 7) is 3.93. The highest BCUT2D eigenvalue weighted by Crippen LogP contribution is 2.21. The van der Waals surface area contributed by atoms with Crippen molar-refractivity contribution >= 4 is 28.3 Å². The van der Waals surface area contributed by atoms with E-state index < -0.39 is 0 Å². The van der Waals surface area contributed by atoms with Crippen LogP contribution in [-0.4, -0.2) is 44.8 Å². The summed E-state index contributed by atoms with van der Waals surface area (Å²) in [5.41, 5.74) is 2.28. The number of amides is 1. The maximum Gasteiger partial charge on any atom is 0.255 e. The molecule has 1 saturated heterocycles. The molecule has 4 heterocycles. The zero-order valence-corrected chi connectivity index (χ0v) is 15.8. The SMILES string of the molecule is Cc1nn(C)c2ncc(C(=O)N(Cc3cccs3)CC3CCCO3)cc12. The molecular weight excluding hydrogens is 348 g/mol. The number of nitrogens with zero attached hydrogens (tertiary/aromatic N) is 4. The van der Waals surface area contributed by atoms with Crippen molar-refractivity contribution in [1.82, 2.24) is 19.7 Å². The molecule has 136 valence electrons. The van der Waals surface area contributed by atoms with E-state index in [1.807, 2.05) is 36.4 Å². The molecule has 26 heavy (non-hydrogen) atoms. The molecule has 0 spiro atoms. The summed E-state index contributed by atoms with van der Waals surface area (Å²) in [5, 5.41) is 7.35. The molecule has 1 aliphatic rings. The molecule has 1 aliphatic heterocycles. The number of hydrogen-bond acceptors (Lipinski definition) is 5. The van der Waals surface area contributed by atoms with Crippen LogP contribution < -0.4 is 0 Å². The summed E-state index contributed by atoms with van der Waals surface area (Å²) < 4.78 is 7.51. The molecule has 0 aromatic carbocycles. The Hall–Kier alpha value is -2.25. The van der Waals surface area contributed by atoms with Crippen molar-refractivity contribution in [3.05, 3.63) is 45.9 Å². The first-order valence-electron chi connectivity index (χ1n) is 8.84. The van der Waals surface area contributed by atoms with Crippen LogP contribution in [0.2, 0.25) is 0 Å². The number of aryl methyl sites for hydroxylation is 2. The van der Waals surface area contributed by atoms with Crippen molar-refractivity contribution in [2.24, 2.45) is 7.05 Å². The lowest BCUT2D eigenvalue weighted by Crippen LogP contribution is -2.36. The fourth-order valence-corrected chi connectivity index (χ4v) is 4.17. The molecule has 1 atom stereocenters. The van der Waals surface area contributed by atoms with Gasteiger partial charge in [-0.25, -0.2) is 4.98 Å². The number of thiophene rings is 1. The third-order valence-corrected chi connectivity index (χ3v) is 5.63. The third-order valence-electron chi connectivity index (χ3n) is 4.77. The molecule has 3 aromatic heterocycles. The Morgan fingerprint density at radius 2 is 2.38 bits per heavy atom. The highest BCUT2D eigenvalue weighted by Gasteiger charge is 2.24. The van der Waals surface area contributed by atoms with E-state index in [-0.39, 0.29) is 12.0 Å². The smallest absolute Gasteiger partial charge is 0.255 e. The van der Waals surface area contributed by atoms with E-state index in [4.69, 9.17) is 4.74 Å². The number of fused-ring (bicyclic) bond motifs is 1. The minimum Gasteiger partial charge on any atom is -0.376 e. The van der Waals surface area contributed by atoms with Crippen LogP contribution in [0.4, 0.5) is 0 Å². The van der Waals surface area contributed by atoms with Crippen LogP contribution in [0.3, 0.4) is 0 Å². The summed E-state index contributed by atoms with van der Waals surface area (Å²) in [6, 6.07) is 5.98. The Labute approximate surface area is 156 Å². The minimum atomic E-state index is -0.00782. The van der Waals surface area contributed by atoms with E-state index in [9.17, 15) is 4.79 Å². The van der Waals surface area contributed by atoms with Gasteiger partial charge in [0.25, 0.3) is 5.91 Å². The molecule has 6 nitrogen and oxygen atoms in total. The molecule has 1 fully saturated rings. The van der Waals surface area contributed by atoms with Gasteiger partial charge in [0, 0.05) is 36.7 Å².